The Kier molecular flexibility index (Phi) is 22.1. The second kappa shape index (κ2) is 28.7. The molecular formula is C65H82N6O19S. The number of hydrazone groups is 1. The van der Waals surface area contributed by atoms with E-state index >= 15 is 0 Å². The normalized spacial score (nSPS) is 25.8. The van der Waals surface area contributed by atoms with Gasteiger partial charge in [0.15, 0.2) is 17.2 Å². The summed E-state index contributed by atoms with van der Waals surface area (Å²) in [4.78, 5) is 81.7. The number of imide groups is 1. The number of hydrogen-bond donors (Lipinski definition) is 7. The highest BCUT2D eigenvalue weighted by Crippen LogP contribution is 2.55. The van der Waals surface area contributed by atoms with E-state index in [4.69, 9.17) is 28.4 Å². The molecule has 9 rings (SSSR count). The highest BCUT2D eigenvalue weighted by molar-refractivity contribution is 7.90. The van der Waals surface area contributed by atoms with Gasteiger partial charge in [0, 0.05) is 101 Å². The van der Waals surface area contributed by atoms with E-state index in [9.17, 15) is 62.7 Å². The Balaban J connectivity index is 0.000000309. The quantitative estimate of drug-likeness (QED) is 0.0253. The van der Waals surface area contributed by atoms with Gasteiger partial charge in [0.05, 0.1) is 95.3 Å². The molecule has 5 heterocycles. The van der Waals surface area contributed by atoms with Crippen molar-refractivity contribution in [3.8, 4) is 34.5 Å². The van der Waals surface area contributed by atoms with Gasteiger partial charge in [-0.3, -0.25) is 38.7 Å². The van der Waals surface area contributed by atoms with Gasteiger partial charge < -0.3 is 69.5 Å². The molecule has 0 aliphatic carbocycles. The largest absolute Gasteiger partial charge is 0.507 e. The number of sulfone groups is 1. The summed E-state index contributed by atoms with van der Waals surface area (Å²) in [7, 11) is 1.29. The summed E-state index contributed by atoms with van der Waals surface area (Å²) in [6, 6.07) is 8.18. The first-order valence-electron chi connectivity index (χ1n) is 29.6. The van der Waals surface area contributed by atoms with E-state index in [1.165, 1.54) is 85.6 Å². The van der Waals surface area contributed by atoms with E-state index in [2.05, 4.69) is 20.6 Å². The van der Waals surface area contributed by atoms with Gasteiger partial charge in [-0.2, -0.15) is 5.10 Å². The minimum Gasteiger partial charge on any atom is -0.507 e. The lowest BCUT2D eigenvalue weighted by Crippen LogP contribution is -2.46. The monoisotopic (exact) mass is 1280 g/mol. The number of carbonyl (C=O) groups is 6. The number of piperazine rings is 1. The molecule has 5 aliphatic rings. The molecule has 0 radical (unpaired) electrons. The number of methoxy groups -OCH3 is 2. The zero-order valence-electron chi connectivity index (χ0n) is 53.5. The van der Waals surface area contributed by atoms with Crippen LogP contribution in [0.1, 0.15) is 116 Å². The number of nitrogens with zero attached hydrogens (tertiary/aromatic N) is 4. The summed E-state index contributed by atoms with van der Waals surface area (Å²) in [5.74, 6) is -9.75. The molecule has 4 aromatic rings. The SMILES string of the molecule is CCOc1cc([C@@H](CS(C)(=O)=O)N2C(=O)c3cccc(NC(C)=O)c3C2=O)ccc1OC.CO[C@H]1/C=C/O[C@@]2(C)Oc3c(C)c(O)c4c(O)c(c(/C=N/N5CCN(C)CC5)c(O)c4c3C2=O)NC(=O)/C(C)=C\C=C\[C@H](C)[C@H](O)[C@@H](C)[C@@H](O)[C@@H](C)[C@H](OC(C)=O)[C@@H]1C. The molecule has 0 spiro atoms. The van der Waals surface area contributed by atoms with Crippen LogP contribution in [0.25, 0.3) is 10.8 Å². The molecule has 5 bridgehead atoms. The Morgan fingerprint density at radius 1 is 0.879 bits per heavy atom. The summed E-state index contributed by atoms with van der Waals surface area (Å²) < 4.78 is 58.9. The number of likely N-dealkylation sites (N-methyl/N-ethyl adjacent to an activating group) is 1. The third kappa shape index (κ3) is 14.9. The fourth-order valence-electron chi connectivity index (χ4n) is 11.6. The average Bonchev–Trinajstić information content (AvgIpc) is 1.65. The van der Waals surface area contributed by atoms with Crippen LogP contribution in [-0.4, -0.2) is 187 Å². The summed E-state index contributed by atoms with van der Waals surface area (Å²) in [6.45, 7) is 18.5. The van der Waals surface area contributed by atoms with Crippen molar-refractivity contribution in [3.05, 3.63) is 106 Å². The highest BCUT2D eigenvalue weighted by atomic mass is 32.2. The van der Waals surface area contributed by atoms with Crippen LogP contribution in [0.3, 0.4) is 0 Å². The Bertz CT molecular complexity index is 3730. The van der Waals surface area contributed by atoms with Crippen LogP contribution >= 0.6 is 0 Å². The minimum atomic E-state index is -3.60. The van der Waals surface area contributed by atoms with Gasteiger partial charge in [-0.05, 0) is 63.7 Å². The minimum absolute atomic E-state index is 0.0322. The standard InChI is InChI=1S/C43H58N4O12.C22H24N2O7S/c1-21-12-11-13-22(2)42(55)45-33-28(20-44-47-17-15-46(9)16-18-47)37(52)30-31(38(33)53)36(51)26(6)40-32(30)41(54)43(8,59-40)57-19-14-29(56-10)23(3)39(58-27(7)48)25(5)35(50)24(4)34(21)49;1-5-31-19-11-14(9-10-18(19)30-3)17(12-32(4,28)29)24-21(26)15-7-6-8-16(23-13(2)25)20(15)22(24)27/h11-14,19-21,23-25,29,34-35,39,49-53H,15-18H2,1-10H3,(H,45,55);6-11,17H,5,12H2,1-4H3,(H,23,25)/b12-11+,19-14+,22-13-,44-20+;/t21-,23+,24+,25+,29-,34-,35+,39+,43-;17-/m01/s1. The number of phenolic OH excluding ortho intramolecular Hbond substituents is 3. The van der Waals surface area contributed by atoms with Gasteiger partial charge in [-0.15, -0.1) is 0 Å². The van der Waals surface area contributed by atoms with E-state index in [0.717, 1.165) is 24.2 Å². The Labute approximate surface area is 528 Å². The van der Waals surface area contributed by atoms with Gasteiger partial charge in [0.1, 0.15) is 33.2 Å². The molecule has 4 aromatic carbocycles. The third-order valence-corrected chi connectivity index (χ3v) is 17.7. The maximum Gasteiger partial charge on any atom is 0.312 e. The van der Waals surface area contributed by atoms with E-state index in [1.807, 2.05) is 7.05 Å². The highest BCUT2D eigenvalue weighted by Gasteiger charge is 2.50. The number of aromatic hydroxyl groups is 3. The molecule has 25 nitrogen and oxygen atoms in total. The summed E-state index contributed by atoms with van der Waals surface area (Å²) in [5.41, 5.74) is 0.369. The predicted octanol–water partition coefficient (Wildman–Crippen LogP) is 6.77. The molecule has 26 heteroatoms. The molecule has 492 valence electrons. The van der Waals surface area contributed by atoms with Gasteiger partial charge >= 0.3 is 11.8 Å². The molecule has 91 heavy (non-hydrogen) atoms. The Morgan fingerprint density at radius 2 is 1.56 bits per heavy atom. The number of fused-ring (bicyclic) bond motifs is 15. The number of Topliss-reactive ketones (excluding diaryl/α,β-unsaturated/α-hetero) is 1. The van der Waals surface area contributed by atoms with Crippen LogP contribution in [0.2, 0.25) is 0 Å². The first kappa shape index (κ1) is 69.9. The van der Waals surface area contributed by atoms with Gasteiger partial charge in [-0.1, -0.05) is 58.1 Å². The van der Waals surface area contributed by atoms with E-state index in [0.29, 0.717) is 36.8 Å². The number of allylic oxidation sites excluding steroid dienone is 2. The van der Waals surface area contributed by atoms with Gasteiger partial charge in [0.2, 0.25) is 5.91 Å². The van der Waals surface area contributed by atoms with Crippen LogP contribution < -0.4 is 24.8 Å². The fraction of sp³-hybridized carbons (Fsp3) is 0.462. The lowest BCUT2D eigenvalue weighted by atomic mass is 9.78. The first-order chi connectivity index (χ1) is 42.8. The number of esters is 1. The van der Waals surface area contributed by atoms with Crippen molar-refractivity contribution in [2.75, 3.05) is 76.7 Å². The summed E-state index contributed by atoms with van der Waals surface area (Å²) >= 11 is 0. The molecule has 7 N–H and O–H groups in total. The van der Waals surface area contributed by atoms with Crippen LogP contribution in [0.5, 0.6) is 34.5 Å². The van der Waals surface area contributed by atoms with Crippen molar-refractivity contribution in [3.63, 3.8) is 0 Å². The number of rotatable bonds is 12. The first-order valence-corrected chi connectivity index (χ1v) is 31.7. The second-order valence-corrected chi connectivity index (χ2v) is 25.6. The number of ether oxygens (including phenoxy) is 6. The zero-order valence-corrected chi connectivity index (χ0v) is 54.3. The average molecular weight is 1280 g/mol. The molecule has 10 atom stereocenters. The predicted molar refractivity (Wildman–Crippen MR) is 338 cm³/mol. The van der Waals surface area contributed by atoms with Crippen molar-refractivity contribution in [1.82, 2.24) is 14.8 Å². The molecular weight excluding hydrogens is 1200 g/mol. The number of aliphatic hydroxyl groups excluding tert-OH is 2. The van der Waals surface area contributed by atoms with Crippen molar-refractivity contribution in [1.29, 1.82) is 0 Å². The molecule has 5 aliphatic heterocycles. The number of benzene rings is 4. The van der Waals surface area contributed by atoms with Crippen molar-refractivity contribution in [2.45, 2.75) is 105 Å². The molecule has 1 saturated heterocycles. The number of anilines is 2. The molecule has 4 amide bonds. The maximum absolute atomic E-state index is 14.4. The number of hydrogen-bond acceptors (Lipinski definition) is 22. The lowest BCUT2D eigenvalue weighted by Gasteiger charge is -2.38. The summed E-state index contributed by atoms with van der Waals surface area (Å²) in [6.07, 6.45) is 5.90. The second-order valence-electron chi connectivity index (χ2n) is 23.5. The number of ketones is 1. The zero-order chi connectivity index (χ0) is 67.3. The van der Waals surface area contributed by atoms with E-state index in [1.54, 1.807) is 76.0 Å². The fourth-order valence-corrected chi connectivity index (χ4v) is 12.5. The topological polar surface area (TPSA) is 339 Å². The van der Waals surface area contributed by atoms with E-state index in [-0.39, 0.29) is 61.3 Å². The molecule has 0 saturated carbocycles. The molecule has 1 fully saturated rings. The van der Waals surface area contributed by atoms with Gasteiger partial charge in [-0.25, -0.2) is 8.42 Å². The van der Waals surface area contributed by atoms with Gasteiger partial charge in [0.25, 0.3) is 23.5 Å². The summed E-state index contributed by atoms with van der Waals surface area (Å²) in [5, 5.41) is 69.4. The number of amides is 4. The molecule has 0 unspecified atom stereocenters. The number of phenols is 3. The Hall–Kier alpha value is -8.56. The molecule has 0 aromatic heterocycles. The maximum atomic E-state index is 14.4. The van der Waals surface area contributed by atoms with Crippen LogP contribution in [-0.2, 0) is 38.4 Å². The Morgan fingerprint density at radius 3 is 2.18 bits per heavy atom. The van der Waals surface area contributed by atoms with Crippen molar-refractivity contribution in [2.24, 2.45) is 28.8 Å². The third-order valence-electron chi connectivity index (χ3n) is 16.8. The number of carbonyl (C=O) groups excluding carboxylic acids is 6. The van der Waals surface area contributed by atoms with Crippen molar-refractivity contribution >= 4 is 73.6 Å². The van der Waals surface area contributed by atoms with Crippen LogP contribution in [0, 0.1) is 30.6 Å². The van der Waals surface area contributed by atoms with Crippen LogP contribution in [0.4, 0.5) is 11.4 Å². The smallest absolute Gasteiger partial charge is 0.312 e. The lowest BCUT2D eigenvalue weighted by molar-refractivity contribution is -0.160. The number of aliphatic hydroxyl groups is 2. The number of nitrogens with one attached hydrogen (secondary N) is 2. The van der Waals surface area contributed by atoms with Crippen LogP contribution in [0.15, 0.2) is 77.6 Å². The van der Waals surface area contributed by atoms with Crippen molar-refractivity contribution < 1.29 is 91.1 Å². The van der Waals surface area contributed by atoms with E-state index < -0.39 is 128 Å².